The highest BCUT2D eigenvalue weighted by molar-refractivity contribution is 5.78. The van der Waals surface area contributed by atoms with Gasteiger partial charge in [-0.2, -0.15) is 10.4 Å². The molecule has 0 unspecified atom stereocenters. The summed E-state index contributed by atoms with van der Waals surface area (Å²) in [5, 5.41) is 21.3. The number of nitrogens with one attached hydrogen (secondary N) is 1. The van der Waals surface area contributed by atoms with Crippen LogP contribution in [0.25, 0.3) is 0 Å². The molecule has 0 atom stereocenters. The zero-order chi connectivity index (χ0) is 17.8. The summed E-state index contributed by atoms with van der Waals surface area (Å²) in [7, 11) is 0. The monoisotopic (exact) mass is 342 g/mol. The zero-order valence-electron chi connectivity index (χ0n) is 15.1. The number of carbonyl (C=O) groups is 1. The van der Waals surface area contributed by atoms with Gasteiger partial charge in [0.2, 0.25) is 5.91 Å². The van der Waals surface area contributed by atoms with Crippen molar-refractivity contribution in [2.24, 2.45) is 0 Å². The molecule has 1 aromatic heterocycles. The van der Waals surface area contributed by atoms with Gasteiger partial charge in [-0.15, -0.1) is 5.10 Å². The van der Waals surface area contributed by atoms with Crippen molar-refractivity contribution in [2.75, 3.05) is 37.6 Å². The Kier molecular flexibility index (Phi) is 5.49. The summed E-state index contributed by atoms with van der Waals surface area (Å²) in [5.41, 5.74) is 2.59. The van der Waals surface area contributed by atoms with Gasteiger partial charge in [0.25, 0.3) is 0 Å². The molecule has 0 radical (unpaired) electrons. The lowest BCUT2D eigenvalue weighted by molar-refractivity contribution is -0.122. The molecule has 7 heteroatoms. The van der Waals surface area contributed by atoms with Gasteiger partial charge in [0.05, 0.1) is 12.2 Å². The molecule has 7 nitrogen and oxygen atoms in total. The minimum absolute atomic E-state index is 0.119. The molecule has 25 heavy (non-hydrogen) atoms. The van der Waals surface area contributed by atoms with Crippen LogP contribution in [0.2, 0.25) is 0 Å². The van der Waals surface area contributed by atoms with Crippen LogP contribution in [0.4, 0.5) is 5.82 Å². The van der Waals surface area contributed by atoms with Gasteiger partial charge in [-0.3, -0.25) is 9.69 Å². The van der Waals surface area contributed by atoms with Gasteiger partial charge in [0.15, 0.2) is 5.82 Å². The van der Waals surface area contributed by atoms with Crippen LogP contribution < -0.4 is 10.2 Å². The minimum atomic E-state index is 0.119. The highest BCUT2D eigenvalue weighted by Crippen LogP contribution is 2.24. The third-order valence-electron chi connectivity index (χ3n) is 4.92. The van der Waals surface area contributed by atoms with E-state index in [0.29, 0.717) is 24.0 Å². The van der Waals surface area contributed by atoms with Gasteiger partial charge in [0.1, 0.15) is 11.6 Å². The molecule has 2 fully saturated rings. The van der Waals surface area contributed by atoms with Gasteiger partial charge in [-0.25, -0.2) is 0 Å². The summed E-state index contributed by atoms with van der Waals surface area (Å²) in [4.78, 5) is 16.2. The SMILES string of the molecule is CCc1nnc(N2CCN(CC(=O)NC3CC3)CC2)c(C#N)c1CC. The van der Waals surface area contributed by atoms with Crippen LogP contribution >= 0.6 is 0 Å². The lowest BCUT2D eigenvalue weighted by Gasteiger charge is -2.35. The van der Waals surface area contributed by atoms with E-state index in [9.17, 15) is 10.1 Å². The largest absolute Gasteiger partial charge is 0.352 e. The van der Waals surface area contributed by atoms with Crippen molar-refractivity contribution in [1.82, 2.24) is 20.4 Å². The molecule has 1 aliphatic carbocycles. The predicted octanol–water partition coefficient (Wildman–Crippen LogP) is 0.874. The van der Waals surface area contributed by atoms with Crippen molar-refractivity contribution < 1.29 is 4.79 Å². The molecule has 1 amide bonds. The topological polar surface area (TPSA) is 85.2 Å². The van der Waals surface area contributed by atoms with Crippen molar-refractivity contribution >= 4 is 11.7 Å². The number of amides is 1. The molecule has 0 spiro atoms. The second-order valence-electron chi connectivity index (χ2n) is 6.75. The predicted molar refractivity (Wildman–Crippen MR) is 95.3 cm³/mol. The number of rotatable bonds is 6. The highest BCUT2D eigenvalue weighted by Gasteiger charge is 2.27. The first kappa shape index (κ1) is 17.6. The van der Waals surface area contributed by atoms with Crippen molar-refractivity contribution in [3.8, 4) is 6.07 Å². The van der Waals surface area contributed by atoms with E-state index >= 15 is 0 Å². The fourth-order valence-electron chi connectivity index (χ4n) is 3.32. The molecular weight excluding hydrogens is 316 g/mol. The van der Waals surface area contributed by atoms with E-state index in [1.165, 1.54) is 0 Å². The van der Waals surface area contributed by atoms with Gasteiger partial charge >= 0.3 is 0 Å². The van der Waals surface area contributed by atoms with Crippen LogP contribution in [-0.2, 0) is 17.6 Å². The molecule has 3 rings (SSSR count). The number of hydrogen-bond donors (Lipinski definition) is 1. The summed E-state index contributed by atoms with van der Waals surface area (Å²) < 4.78 is 0. The summed E-state index contributed by atoms with van der Waals surface area (Å²) in [6.07, 6.45) is 3.80. The molecule has 1 aromatic rings. The fourth-order valence-corrected chi connectivity index (χ4v) is 3.32. The molecule has 1 saturated heterocycles. The third-order valence-corrected chi connectivity index (χ3v) is 4.92. The smallest absolute Gasteiger partial charge is 0.234 e. The maximum absolute atomic E-state index is 11.9. The van der Waals surface area contributed by atoms with Crippen molar-refractivity contribution in [1.29, 1.82) is 5.26 Å². The maximum atomic E-state index is 11.9. The Bertz CT molecular complexity index is 671. The number of carbonyl (C=O) groups excluding carboxylic acids is 1. The fraction of sp³-hybridized carbons (Fsp3) is 0.667. The molecule has 1 N–H and O–H groups in total. The number of aromatic nitrogens is 2. The van der Waals surface area contributed by atoms with Crippen molar-refractivity contribution in [3.63, 3.8) is 0 Å². The van der Waals surface area contributed by atoms with Crippen molar-refractivity contribution in [3.05, 3.63) is 16.8 Å². The number of nitriles is 1. The van der Waals surface area contributed by atoms with E-state index in [1.54, 1.807) is 0 Å². The number of anilines is 1. The number of hydrogen-bond acceptors (Lipinski definition) is 6. The molecule has 134 valence electrons. The quantitative estimate of drug-likeness (QED) is 0.826. The van der Waals surface area contributed by atoms with Crippen LogP contribution in [0.15, 0.2) is 0 Å². The van der Waals surface area contributed by atoms with E-state index in [4.69, 9.17) is 0 Å². The van der Waals surface area contributed by atoms with E-state index < -0.39 is 0 Å². The van der Waals surface area contributed by atoms with E-state index in [2.05, 4.69) is 38.3 Å². The summed E-state index contributed by atoms with van der Waals surface area (Å²) in [6, 6.07) is 2.75. The molecule has 1 saturated carbocycles. The number of aryl methyl sites for hydroxylation is 1. The molecule has 0 aromatic carbocycles. The molecular formula is C18H26N6O. The van der Waals surface area contributed by atoms with Crippen LogP contribution in [-0.4, -0.2) is 59.8 Å². The Hall–Kier alpha value is -2.20. The van der Waals surface area contributed by atoms with Crippen LogP contribution in [0.3, 0.4) is 0 Å². The van der Waals surface area contributed by atoms with E-state index in [1.807, 2.05) is 6.92 Å². The Morgan fingerprint density at radius 3 is 2.48 bits per heavy atom. The van der Waals surface area contributed by atoms with Gasteiger partial charge in [-0.1, -0.05) is 13.8 Å². The third kappa shape index (κ3) is 4.07. The second-order valence-corrected chi connectivity index (χ2v) is 6.75. The normalized spacial score (nSPS) is 18.0. The van der Waals surface area contributed by atoms with Crippen LogP contribution in [0, 0.1) is 11.3 Å². The average Bonchev–Trinajstić information content (AvgIpc) is 3.44. The minimum Gasteiger partial charge on any atom is -0.352 e. The van der Waals surface area contributed by atoms with Gasteiger partial charge < -0.3 is 10.2 Å². The molecule has 2 aliphatic rings. The zero-order valence-corrected chi connectivity index (χ0v) is 15.1. The second kappa shape index (κ2) is 7.79. The van der Waals surface area contributed by atoms with Crippen LogP contribution in [0.1, 0.15) is 43.5 Å². The first-order chi connectivity index (χ1) is 12.2. The first-order valence-corrected chi connectivity index (χ1v) is 9.21. The maximum Gasteiger partial charge on any atom is 0.234 e. The Balaban J connectivity index is 1.64. The highest BCUT2D eigenvalue weighted by atomic mass is 16.2. The van der Waals surface area contributed by atoms with E-state index in [-0.39, 0.29) is 5.91 Å². The molecule has 2 heterocycles. The Morgan fingerprint density at radius 2 is 1.92 bits per heavy atom. The number of nitrogens with zero attached hydrogens (tertiary/aromatic N) is 5. The Morgan fingerprint density at radius 1 is 1.20 bits per heavy atom. The summed E-state index contributed by atoms with van der Waals surface area (Å²) in [6.45, 7) is 7.65. The lowest BCUT2D eigenvalue weighted by Crippen LogP contribution is -2.50. The van der Waals surface area contributed by atoms with Crippen LogP contribution in [0.5, 0.6) is 0 Å². The van der Waals surface area contributed by atoms with Gasteiger partial charge in [-0.05, 0) is 31.2 Å². The molecule has 0 bridgehead atoms. The van der Waals surface area contributed by atoms with Gasteiger partial charge in [0, 0.05) is 32.2 Å². The Labute approximate surface area is 149 Å². The average molecular weight is 342 g/mol. The molecule has 1 aliphatic heterocycles. The first-order valence-electron chi connectivity index (χ1n) is 9.21. The van der Waals surface area contributed by atoms with Crippen molar-refractivity contribution in [2.45, 2.75) is 45.6 Å². The standard InChI is InChI=1S/C18H26N6O/c1-3-14-15(11-19)18(22-21-16(14)4-2)24-9-7-23(8-10-24)12-17(25)20-13-5-6-13/h13H,3-10,12H2,1-2H3,(H,20,25). The lowest BCUT2D eigenvalue weighted by atomic mass is 10.0. The van der Waals surface area contributed by atoms with E-state index in [0.717, 1.165) is 63.1 Å². The summed E-state index contributed by atoms with van der Waals surface area (Å²) >= 11 is 0. The summed E-state index contributed by atoms with van der Waals surface area (Å²) in [5.74, 6) is 0.813. The number of piperazine rings is 1.